The molecule has 23 heavy (non-hydrogen) atoms. The molecule has 0 spiro atoms. The van der Waals surface area contributed by atoms with Crippen LogP contribution in [0.15, 0.2) is 42.7 Å². The van der Waals surface area contributed by atoms with Crippen LogP contribution in [0.5, 0.6) is 0 Å². The summed E-state index contributed by atoms with van der Waals surface area (Å²) in [6, 6.07) is 11.2. The summed E-state index contributed by atoms with van der Waals surface area (Å²) in [6.45, 7) is 1.17. The van der Waals surface area contributed by atoms with Gasteiger partial charge in [0.05, 0.1) is 23.5 Å². The first-order chi connectivity index (χ1) is 11.3. The summed E-state index contributed by atoms with van der Waals surface area (Å²) >= 11 is 0. The average molecular weight is 305 g/mol. The molecular formula is C16H15N7. The standard InChI is InChI=1S/C16H15N7/c17-6-8-20-16-21-10-14(23-16)15-19-7-5-13(22-15)12-3-1-11(9-18)2-4-12/h1-5,7,10H,6,8,17H2,(H2,20,21,23). The van der Waals surface area contributed by atoms with Gasteiger partial charge < -0.3 is 16.0 Å². The van der Waals surface area contributed by atoms with Crippen molar-refractivity contribution in [1.82, 2.24) is 19.9 Å². The zero-order valence-electron chi connectivity index (χ0n) is 12.3. The van der Waals surface area contributed by atoms with Gasteiger partial charge in [0.2, 0.25) is 5.95 Å². The fourth-order valence-electron chi connectivity index (χ4n) is 2.08. The number of nitrogens with one attached hydrogen (secondary N) is 2. The number of aromatic nitrogens is 4. The molecule has 0 aliphatic heterocycles. The number of nitriles is 1. The van der Waals surface area contributed by atoms with Gasteiger partial charge in [-0.3, -0.25) is 0 Å². The van der Waals surface area contributed by atoms with Crippen LogP contribution in [-0.4, -0.2) is 33.0 Å². The predicted molar refractivity (Wildman–Crippen MR) is 87.3 cm³/mol. The van der Waals surface area contributed by atoms with Gasteiger partial charge in [-0.2, -0.15) is 5.26 Å². The number of hydrogen-bond donors (Lipinski definition) is 3. The average Bonchev–Trinajstić information content (AvgIpc) is 3.09. The van der Waals surface area contributed by atoms with Gasteiger partial charge in [-0.05, 0) is 18.2 Å². The minimum Gasteiger partial charge on any atom is -0.355 e. The van der Waals surface area contributed by atoms with Crippen molar-refractivity contribution in [2.24, 2.45) is 5.73 Å². The van der Waals surface area contributed by atoms with Crippen LogP contribution in [0.3, 0.4) is 0 Å². The van der Waals surface area contributed by atoms with E-state index >= 15 is 0 Å². The summed E-state index contributed by atoms with van der Waals surface area (Å²) in [7, 11) is 0. The molecule has 0 atom stereocenters. The third-order valence-electron chi connectivity index (χ3n) is 3.22. The number of nitrogens with two attached hydrogens (primary N) is 1. The van der Waals surface area contributed by atoms with Crippen LogP contribution in [0.2, 0.25) is 0 Å². The van der Waals surface area contributed by atoms with Crippen molar-refractivity contribution in [2.75, 3.05) is 18.4 Å². The van der Waals surface area contributed by atoms with Gasteiger partial charge in [-0.15, -0.1) is 0 Å². The molecule has 0 saturated heterocycles. The Bertz CT molecular complexity index is 830. The van der Waals surface area contributed by atoms with E-state index in [-0.39, 0.29) is 0 Å². The molecule has 3 aromatic rings. The quantitative estimate of drug-likeness (QED) is 0.661. The van der Waals surface area contributed by atoms with E-state index in [1.54, 1.807) is 24.5 Å². The lowest BCUT2D eigenvalue weighted by Gasteiger charge is -2.03. The zero-order valence-corrected chi connectivity index (χ0v) is 12.3. The van der Waals surface area contributed by atoms with Gasteiger partial charge in [-0.1, -0.05) is 12.1 Å². The minimum absolute atomic E-state index is 0.528. The fourth-order valence-corrected chi connectivity index (χ4v) is 2.08. The fraction of sp³-hybridized carbons (Fsp3) is 0.125. The second kappa shape index (κ2) is 6.68. The number of aromatic amines is 1. The van der Waals surface area contributed by atoms with E-state index in [9.17, 15) is 0 Å². The topological polar surface area (TPSA) is 116 Å². The van der Waals surface area contributed by atoms with E-state index in [2.05, 4.69) is 31.3 Å². The summed E-state index contributed by atoms with van der Waals surface area (Å²) in [5, 5.41) is 11.9. The van der Waals surface area contributed by atoms with E-state index in [0.29, 0.717) is 30.4 Å². The lowest BCUT2D eigenvalue weighted by molar-refractivity contribution is 1.00. The second-order valence-corrected chi connectivity index (χ2v) is 4.82. The number of H-pyrrole nitrogens is 1. The van der Waals surface area contributed by atoms with E-state index in [0.717, 1.165) is 17.0 Å². The van der Waals surface area contributed by atoms with E-state index in [1.807, 2.05) is 18.2 Å². The van der Waals surface area contributed by atoms with Crippen molar-refractivity contribution < 1.29 is 0 Å². The van der Waals surface area contributed by atoms with Crippen LogP contribution in [-0.2, 0) is 0 Å². The second-order valence-electron chi connectivity index (χ2n) is 4.82. The Morgan fingerprint density at radius 3 is 2.74 bits per heavy atom. The Labute approximate surface area is 133 Å². The van der Waals surface area contributed by atoms with Crippen molar-refractivity contribution >= 4 is 5.95 Å². The molecular weight excluding hydrogens is 290 g/mol. The number of benzene rings is 1. The highest BCUT2D eigenvalue weighted by molar-refractivity contribution is 5.63. The Hall–Kier alpha value is -3.24. The molecule has 2 heterocycles. The Morgan fingerprint density at radius 1 is 1.17 bits per heavy atom. The van der Waals surface area contributed by atoms with Crippen LogP contribution in [0.4, 0.5) is 5.95 Å². The molecule has 0 aliphatic carbocycles. The summed E-state index contributed by atoms with van der Waals surface area (Å²) in [5.74, 6) is 1.19. The monoisotopic (exact) mass is 305 g/mol. The Balaban J connectivity index is 1.87. The molecule has 0 amide bonds. The number of hydrogen-bond acceptors (Lipinski definition) is 6. The highest BCUT2D eigenvalue weighted by atomic mass is 15.1. The minimum atomic E-state index is 0.528. The van der Waals surface area contributed by atoms with Crippen molar-refractivity contribution in [3.8, 4) is 28.8 Å². The van der Waals surface area contributed by atoms with Gasteiger partial charge in [0.1, 0.15) is 5.69 Å². The van der Waals surface area contributed by atoms with Crippen LogP contribution in [0, 0.1) is 11.3 Å². The molecule has 0 aliphatic rings. The van der Waals surface area contributed by atoms with Gasteiger partial charge in [0.25, 0.3) is 0 Å². The van der Waals surface area contributed by atoms with E-state index < -0.39 is 0 Å². The maximum atomic E-state index is 8.86. The smallest absolute Gasteiger partial charge is 0.200 e. The predicted octanol–water partition coefficient (Wildman–Crippen LogP) is 1.78. The first-order valence-corrected chi connectivity index (χ1v) is 7.13. The maximum Gasteiger partial charge on any atom is 0.200 e. The number of imidazole rings is 1. The van der Waals surface area contributed by atoms with Crippen LogP contribution < -0.4 is 11.1 Å². The molecule has 0 saturated carbocycles. The molecule has 7 heteroatoms. The summed E-state index contributed by atoms with van der Waals surface area (Å²) < 4.78 is 0. The normalized spacial score (nSPS) is 10.3. The highest BCUT2D eigenvalue weighted by Gasteiger charge is 2.08. The van der Waals surface area contributed by atoms with E-state index in [4.69, 9.17) is 11.0 Å². The first-order valence-electron chi connectivity index (χ1n) is 7.13. The molecule has 2 aromatic heterocycles. The number of anilines is 1. The van der Waals surface area contributed by atoms with Crippen molar-refractivity contribution in [2.45, 2.75) is 0 Å². The molecule has 4 N–H and O–H groups in total. The highest BCUT2D eigenvalue weighted by Crippen LogP contribution is 2.20. The third kappa shape index (κ3) is 3.33. The molecule has 0 unspecified atom stereocenters. The van der Waals surface area contributed by atoms with Crippen LogP contribution in [0.25, 0.3) is 22.8 Å². The lowest BCUT2D eigenvalue weighted by Crippen LogP contribution is -2.13. The Morgan fingerprint density at radius 2 is 2.00 bits per heavy atom. The molecule has 7 nitrogen and oxygen atoms in total. The molecule has 1 aromatic carbocycles. The lowest BCUT2D eigenvalue weighted by atomic mass is 10.1. The van der Waals surface area contributed by atoms with Crippen LogP contribution >= 0.6 is 0 Å². The van der Waals surface area contributed by atoms with Gasteiger partial charge >= 0.3 is 0 Å². The molecule has 3 rings (SSSR count). The summed E-state index contributed by atoms with van der Waals surface area (Å²) in [6.07, 6.45) is 3.38. The van der Waals surface area contributed by atoms with Crippen molar-refractivity contribution in [1.29, 1.82) is 5.26 Å². The van der Waals surface area contributed by atoms with Crippen LogP contribution in [0.1, 0.15) is 5.56 Å². The van der Waals surface area contributed by atoms with Gasteiger partial charge in [-0.25, -0.2) is 15.0 Å². The number of rotatable bonds is 5. The number of nitrogens with zero attached hydrogens (tertiary/aromatic N) is 4. The van der Waals surface area contributed by atoms with Crippen molar-refractivity contribution in [3.63, 3.8) is 0 Å². The third-order valence-corrected chi connectivity index (χ3v) is 3.22. The van der Waals surface area contributed by atoms with Gasteiger partial charge in [0, 0.05) is 24.8 Å². The SMILES string of the molecule is N#Cc1ccc(-c2ccnc(-c3cnc(NCCN)[nH]3)n2)cc1. The molecule has 0 radical (unpaired) electrons. The summed E-state index contributed by atoms with van der Waals surface area (Å²) in [4.78, 5) is 16.2. The Kier molecular flexibility index (Phi) is 4.27. The first kappa shape index (κ1) is 14.7. The zero-order chi connectivity index (χ0) is 16.1. The molecule has 0 fully saturated rings. The largest absolute Gasteiger partial charge is 0.355 e. The van der Waals surface area contributed by atoms with Crippen molar-refractivity contribution in [3.05, 3.63) is 48.3 Å². The molecule has 114 valence electrons. The maximum absolute atomic E-state index is 8.86. The van der Waals surface area contributed by atoms with E-state index in [1.165, 1.54) is 0 Å². The van der Waals surface area contributed by atoms with Gasteiger partial charge in [0.15, 0.2) is 5.82 Å². The molecule has 0 bridgehead atoms. The summed E-state index contributed by atoms with van der Waals surface area (Å²) in [5.41, 5.74) is 8.50.